The van der Waals surface area contributed by atoms with E-state index in [9.17, 15) is 4.79 Å². The highest BCUT2D eigenvalue weighted by molar-refractivity contribution is 5.74. The lowest BCUT2D eigenvalue weighted by atomic mass is 9.96. The van der Waals surface area contributed by atoms with E-state index in [2.05, 4.69) is 27.1 Å². The smallest absolute Gasteiger partial charge is 0.315 e. The van der Waals surface area contributed by atoms with E-state index in [0.29, 0.717) is 18.6 Å². The number of carbonyl (C=O) groups excluding carboxylic acids is 1. The number of hydrogen-bond donors (Lipinski definition) is 2. The highest BCUT2D eigenvalue weighted by Crippen LogP contribution is 2.29. The van der Waals surface area contributed by atoms with E-state index < -0.39 is 0 Å². The van der Waals surface area contributed by atoms with Gasteiger partial charge in [0, 0.05) is 36.9 Å². The maximum atomic E-state index is 12.1. The van der Waals surface area contributed by atoms with Gasteiger partial charge < -0.3 is 15.2 Å². The molecule has 1 aromatic rings. The van der Waals surface area contributed by atoms with Crippen molar-refractivity contribution in [3.63, 3.8) is 0 Å². The van der Waals surface area contributed by atoms with Gasteiger partial charge in [0.2, 0.25) is 0 Å². The van der Waals surface area contributed by atoms with Crippen LogP contribution < -0.4 is 10.6 Å². The molecule has 0 radical (unpaired) electrons. The number of urea groups is 1. The van der Waals surface area contributed by atoms with Gasteiger partial charge in [-0.3, -0.25) is 0 Å². The van der Waals surface area contributed by atoms with Crippen molar-refractivity contribution in [1.82, 2.24) is 20.2 Å². The number of aromatic nitrogens is 2. The second-order valence-electron chi connectivity index (χ2n) is 7.82. The lowest BCUT2D eigenvalue weighted by Gasteiger charge is -2.23. The Morgan fingerprint density at radius 2 is 1.72 bits per heavy atom. The van der Waals surface area contributed by atoms with Gasteiger partial charge in [0.1, 0.15) is 5.82 Å². The summed E-state index contributed by atoms with van der Waals surface area (Å²) in [6.07, 6.45) is 16.7. The highest BCUT2D eigenvalue weighted by atomic mass is 16.2. The fourth-order valence-corrected chi connectivity index (χ4v) is 4.47. The molecule has 25 heavy (non-hydrogen) atoms. The zero-order valence-corrected chi connectivity index (χ0v) is 15.7. The minimum atomic E-state index is -0.0174. The normalized spacial score (nSPS) is 20.2. The van der Waals surface area contributed by atoms with Gasteiger partial charge in [-0.2, -0.15) is 0 Å². The molecular formula is C20H34N4O. The van der Waals surface area contributed by atoms with Gasteiger partial charge in [0.05, 0.1) is 0 Å². The Labute approximate surface area is 152 Å². The van der Waals surface area contributed by atoms with E-state index in [-0.39, 0.29) is 6.03 Å². The van der Waals surface area contributed by atoms with Gasteiger partial charge in [0.15, 0.2) is 0 Å². The Morgan fingerprint density at radius 1 is 1.08 bits per heavy atom. The summed E-state index contributed by atoms with van der Waals surface area (Å²) in [4.78, 5) is 16.7. The van der Waals surface area contributed by atoms with E-state index in [1.807, 2.05) is 6.20 Å². The van der Waals surface area contributed by atoms with Crippen molar-refractivity contribution in [1.29, 1.82) is 0 Å². The van der Waals surface area contributed by atoms with Crippen LogP contribution in [0, 0.1) is 6.92 Å². The third-order valence-electron chi connectivity index (χ3n) is 5.82. The molecule has 2 saturated carbocycles. The Kier molecular flexibility index (Phi) is 6.76. The van der Waals surface area contributed by atoms with E-state index in [4.69, 9.17) is 0 Å². The van der Waals surface area contributed by atoms with Gasteiger partial charge in [0.25, 0.3) is 0 Å². The van der Waals surface area contributed by atoms with Gasteiger partial charge in [-0.15, -0.1) is 0 Å². The summed E-state index contributed by atoms with van der Waals surface area (Å²) < 4.78 is 2.44. The summed E-state index contributed by atoms with van der Waals surface area (Å²) in [6, 6.07) is 0.941. The zero-order valence-electron chi connectivity index (χ0n) is 15.7. The van der Waals surface area contributed by atoms with Crippen LogP contribution in [0.2, 0.25) is 0 Å². The monoisotopic (exact) mass is 346 g/mol. The Bertz CT molecular complexity index is 540. The van der Waals surface area contributed by atoms with Crippen LogP contribution in [-0.2, 0) is 6.42 Å². The third-order valence-corrected chi connectivity index (χ3v) is 5.82. The number of aryl methyl sites for hydroxylation is 1. The summed E-state index contributed by atoms with van der Waals surface area (Å²) in [7, 11) is 0. The summed E-state index contributed by atoms with van der Waals surface area (Å²) in [5, 5.41) is 6.15. The molecule has 0 unspecified atom stereocenters. The van der Waals surface area contributed by atoms with Crippen LogP contribution >= 0.6 is 0 Å². The van der Waals surface area contributed by atoms with Crippen molar-refractivity contribution in [2.45, 2.75) is 96.1 Å². The average molecular weight is 347 g/mol. The predicted octanol–water partition coefficient (Wildman–Crippen LogP) is 4.26. The minimum absolute atomic E-state index is 0.0174. The van der Waals surface area contributed by atoms with Gasteiger partial charge >= 0.3 is 6.03 Å². The zero-order chi connectivity index (χ0) is 17.5. The molecule has 2 fully saturated rings. The molecule has 0 aliphatic heterocycles. The van der Waals surface area contributed by atoms with Gasteiger partial charge in [-0.05, 0) is 32.6 Å². The van der Waals surface area contributed by atoms with Crippen LogP contribution in [0.4, 0.5) is 4.79 Å². The summed E-state index contributed by atoms with van der Waals surface area (Å²) in [5.74, 6) is 1.13. The molecule has 1 aromatic heterocycles. The van der Waals surface area contributed by atoms with E-state index in [1.165, 1.54) is 63.5 Å². The number of nitrogens with zero attached hydrogens (tertiary/aromatic N) is 2. The lowest BCUT2D eigenvalue weighted by Crippen LogP contribution is -2.43. The maximum Gasteiger partial charge on any atom is 0.315 e. The van der Waals surface area contributed by atoms with Crippen LogP contribution in [0.5, 0.6) is 0 Å². The summed E-state index contributed by atoms with van der Waals surface area (Å²) in [5.41, 5.74) is 1.26. The van der Waals surface area contributed by atoms with Crippen molar-refractivity contribution in [2.24, 2.45) is 0 Å². The van der Waals surface area contributed by atoms with Gasteiger partial charge in [-0.1, -0.05) is 44.9 Å². The van der Waals surface area contributed by atoms with Crippen LogP contribution in [-0.4, -0.2) is 28.2 Å². The Hall–Kier alpha value is -1.52. The standard InChI is InChI=1S/C20H34N4O/c1-16-15-22-19(24(16)18-11-7-2-3-8-12-18)13-14-21-20(25)23-17-9-5-4-6-10-17/h15,17-18H,2-14H2,1H3,(H2,21,23,25). The largest absolute Gasteiger partial charge is 0.338 e. The third kappa shape index (κ3) is 5.23. The first-order valence-corrected chi connectivity index (χ1v) is 10.3. The summed E-state index contributed by atoms with van der Waals surface area (Å²) in [6.45, 7) is 2.81. The number of nitrogens with one attached hydrogen (secondary N) is 2. The van der Waals surface area contributed by atoms with Crippen molar-refractivity contribution in [3.8, 4) is 0 Å². The van der Waals surface area contributed by atoms with E-state index >= 15 is 0 Å². The molecular weight excluding hydrogens is 312 g/mol. The first kappa shape index (κ1) is 18.3. The Balaban J connectivity index is 1.48. The molecule has 0 aromatic carbocycles. The minimum Gasteiger partial charge on any atom is -0.338 e. The second-order valence-corrected chi connectivity index (χ2v) is 7.82. The van der Waals surface area contributed by atoms with Crippen molar-refractivity contribution >= 4 is 6.03 Å². The molecule has 0 bridgehead atoms. The molecule has 0 atom stereocenters. The quantitative estimate of drug-likeness (QED) is 0.783. The number of amides is 2. The molecule has 2 aliphatic rings. The topological polar surface area (TPSA) is 59.0 Å². The fourth-order valence-electron chi connectivity index (χ4n) is 4.47. The predicted molar refractivity (Wildman–Crippen MR) is 101 cm³/mol. The van der Waals surface area contributed by atoms with Crippen molar-refractivity contribution < 1.29 is 4.79 Å². The molecule has 2 N–H and O–H groups in total. The highest BCUT2D eigenvalue weighted by Gasteiger charge is 2.19. The molecule has 3 rings (SSSR count). The van der Waals surface area contributed by atoms with Crippen LogP contribution in [0.25, 0.3) is 0 Å². The molecule has 5 heteroatoms. The van der Waals surface area contributed by atoms with Crippen LogP contribution in [0.1, 0.15) is 88.2 Å². The molecule has 5 nitrogen and oxygen atoms in total. The average Bonchev–Trinajstić information content (AvgIpc) is 2.82. The fraction of sp³-hybridized carbons (Fsp3) is 0.800. The van der Waals surface area contributed by atoms with Crippen LogP contribution in [0.15, 0.2) is 6.20 Å². The van der Waals surface area contributed by atoms with Crippen molar-refractivity contribution in [2.75, 3.05) is 6.54 Å². The molecule has 1 heterocycles. The second kappa shape index (κ2) is 9.25. The maximum absolute atomic E-state index is 12.1. The van der Waals surface area contributed by atoms with Gasteiger partial charge in [-0.25, -0.2) is 9.78 Å². The number of hydrogen-bond acceptors (Lipinski definition) is 2. The molecule has 0 spiro atoms. The van der Waals surface area contributed by atoms with E-state index in [0.717, 1.165) is 25.1 Å². The SMILES string of the molecule is Cc1cnc(CCNC(=O)NC2CCCCC2)n1C1CCCCCC1. The van der Waals surface area contributed by atoms with Crippen LogP contribution in [0.3, 0.4) is 0 Å². The number of rotatable bonds is 5. The molecule has 2 aliphatic carbocycles. The first-order chi connectivity index (χ1) is 12.2. The number of carbonyl (C=O) groups is 1. The molecule has 140 valence electrons. The number of imidazole rings is 1. The summed E-state index contributed by atoms with van der Waals surface area (Å²) >= 11 is 0. The molecule has 0 saturated heterocycles. The molecule has 2 amide bonds. The lowest BCUT2D eigenvalue weighted by molar-refractivity contribution is 0.232. The van der Waals surface area contributed by atoms with Crippen molar-refractivity contribution in [3.05, 3.63) is 17.7 Å². The first-order valence-electron chi connectivity index (χ1n) is 10.3. The Morgan fingerprint density at radius 3 is 2.44 bits per heavy atom. The van der Waals surface area contributed by atoms with E-state index in [1.54, 1.807) is 0 Å².